The summed E-state index contributed by atoms with van der Waals surface area (Å²) >= 11 is 9.38. The molecule has 98 valence electrons. The van der Waals surface area contributed by atoms with Crippen molar-refractivity contribution in [3.8, 4) is 11.5 Å². The van der Waals surface area contributed by atoms with Gasteiger partial charge in [-0.15, -0.1) is 0 Å². The maximum Gasteiger partial charge on any atom is 0.153 e. The van der Waals surface area contributed by atoms with E-state index in [9.17, 15) is 4.79 Å². The number of hydrogen-bond acceptors (Lipinski definition) is 2. The van der Waals surface area contributed by atoms with E-state index in [0.29, 0.717) is 17.1 Å². The van der Waals surface area contributed by atoms with Crippen LogP contribution in [0.4, 0.5) is 0 Å². The van der Waals surface area contributed by atoms with Crippen LogP contribution in [0.25, 0.3) is 0 Å². The Morgan fingerprint density at radius 2 is 2.05 bits per heavy atom. The zero-order chi connectivity index (χ0) is 13.8. The highest BCUT2D eigenvalue weighted by Crippen LogP contribution is 2.29. The highest BCUT2D eigenvalue weighted by Gasteiger charge is 2.07. The molecule has 4 heteroatoms. The van der Waals surface area contributed by atoms with Crippen LogP contribution >= 0.6 is 27.5 Å². The highest BCUT2D eigenvalue weighted by molar-refractivity contribution is 9.10. The lowest BCUT2D eigenvalue weighted by Crippen LogP contribution is -1.92. The van der Waals surface area contributed by atoms with Crippen LogP contribution in [0.3, 0.4) is 0 Å². The summed E-state index contributed by atoms with van der Waals surface area (Å²) in [6, 6.07) is 10.8. The Bertz CT molecular complexity index is 611. The van der Waals surface area contributed by atoms with E-state index in [1.54, 1.807) is 24.3 Å². The fourth-order valence-corrected chi connectivity index (χ4v) is 2.35. The lowest BCUT2D eigenvalue weighted by molar-refractivity contribution is 0.112. The topological polar surface area (TPSA) is 26.3 Å². The number of carbonyl (C=O) groups is 1. The Hall–Kier alpha value is -1.32. The van der Waals surface area contributed by atoms with Gasteiger partial charge in [0.15, 0.2) is 6.29 Å². The number of rotatable bonds is 4. The summed E-state index contributed by atoms with van der Waals surface area (Å²) in [6.45, 7) is 2.03. The molecular weight excluding hydrogens is 328 g/mol. The van der Waals surface area contributed by atoms with Crippen LogP contribution in [0, 0.1) is 0 Å². The van der Waals surface area contributed by atoms with Crippen molar-refractivity contribution in [2.24, 2.45) is 0 Å². The first-order valence-electron chi connectivity index (χ1n) is 5.85. The minimum Gasteiger partial charge on any atom is -0.457 e. The Morgan fingerprint density at radius 3 is 2.74 bits per heavy atom. The molecule has 0 amide bonds. The molecule has 0 N–H and O–H groups in total. The molecule has 0 heterocycles. The Labute approximate surface area is 125 Å². The molecule has 0 saturated heterocycles. The van der Waals surface area contributed by atoms with Gasteiger partial charge in [0.25, 0.3) is 0 Å². The van der Waals surface area contributed by atoms with Gasteiger partial charge in [-0.25, -0.2) is 0 Å². The molecule has 0 aliphatic rings. The molecule has 0 spiro atoms. The van der Waals surface area contributed by atoms with Gasteiger partial charge in [-0.1, -0.05) is 34.5 Å². The van der Waals surface area contributed by atoms with Gasteiger partial charge in [0.2, 0.25) is 0 Å². The minimum atomic E-state index is 0.502. The van der Waals surface area contributed by atoms with E-state index in [-0.39, 0.29) is 0 Å². The lowest BCUT2D eigenvalue weighted by Gasteiger charge is -2.10. The molecule has 0 aliphatic carbocycles. The van der Waals surface area contributed by atoms with Crippen molar-refractivity contribution in [2.75, 3.05) is 0 Å². The summed E-state index contributed by atoms with van der Waals surface area (Å²) in [5.41, 5.74) is 1.52. The number of carbonyl (C=O) groups excluding carboxylic acids is 1. The molecule has 2 aromatic rings. The van der Waals surface area contributed by atoms with E-state index in [1.807, 2.05) is 19.1 Å². The molecule has 0 aromatic heterocycles. The van der Waals surface area contributed by atoms with Crippen molar-refractivity contribution in [1.82, 2.24) is 0 Å². The average molecular weight is 340 g/mol. The summed E-state index contributed by atoms with van der Waals surface area (Å²) in [7, 11) is 0. The first-order valence-corrected chi connectivity index (χ1v) is 7.02. The van der Waals surface area contributed by atoms with E-state index in [4.69, 9.17) is 16.3 Å². The van der Waals surface area contributed by atoms with Crippen LogP contribution in [0.1, 0.15) is 22.8 Å². The number of benzene rings is 2. The molecular formula is C15H12BrClO2. The van der Waals surface area contributed by atoms with Crippen LogP contribution in [0.5, 0.6) is 11.5 Å². The van der Waals surface area contributed by atoms with Crippen molar-refractivity contribution in [3.05, 3.63) is 57.0 Å². The summed E-state index contributed by atoms with van der Waals surface area (Å²) in [6.07, 6.45) is 1.60. The maximum absolute atomic E-state index is 11.0. The largest absolute Gasteiger partial charge is 0.457 e. The van der Waals surface area contributed by atoms with Crippen molar-refractivity contribution in [1.29, 1.82) is 0 Å². The first-order chi connectivity index (χ1) is 9.13. The highest BCUT2D eigenvalue weighted by atomic mass is 79.9. The van der Waals surface area contributed by atoms with Crippen LogP contribution < -0.4 is 4.74 Å². The standard InChI is InChI=1S/C15H12BrClO2/c1-2-10-8-13(4-5-14(10)17)19-15-6-3-12(16)7-11(15)9-18/h3-9H,2H2,1H3. The summed E-state index contributed by atoms with van der Waals surface area (Å²) < 4.78 is 6.58. The Balaban J connectivity index is 2.33. The fraction of sp³-hybridized carbons (Fsp3) is 0.133. The third-order valence-electron chi connectivity index (χ3n) is 2.72. The van der Waals surface area contributed by atoms with Crippen molar-refractivity contribution >= 4 is 33.8 Å². The molecule has 0 radical (unpaired) electrons. The SMILES string of the molecule is CCc1cc(Oc2ccc(Br)cc2C=O)ccc1Cl. The lowest BCUT2D eigenvalue weighted by atomic mass is 10.1. The molecule has 19 heavy (non-hydrogen) atoms. The second kappa shape index (κ2) is 6.22. The number of aryl methyl sites for hydroxylation is 1. The third-order valence-corrected chi connectivity index (χ3v) is 3.59. The Morgan fingerprint density at radius 1 is 1.26 bits per heavy atom. The second-order valence-corrected chi connectivity index (χ2v) is 5.33. The van der Waals surface area contributed by atoms with Gasteiger partial charge in [0, 0.05) is 9.50 Å². The van der Waals surface area contributed by atoms with E-state index >= 15 is 0 Å². The van der Waals surface area contributed by atoms with Gasteiger partial charge in [-0.05, 0) is 48.4 Å². The van der Waals surface area contributed by atoms with Gasteiger partial charge < -0.3 is 4.74 Å². The van der Waals surface area contributed by atoms with Gasteiger partial charge in [0.1, 0.15) is 11.5 Å². The van der Waals surface area contributed by atoms with Gasteiger partial charge in [0.05, 0.1) is 5.56 Å². The number of hydrogen-bond donors (Lipinski definition) is 0. The fourth-order valence-electron chi connectivity index (χ4n) is 1.72. The van der Waals surface area contributed by atoms with Gasteiger partial charge in [-0.3, -0.25) is 4.79 Å². The molecule has 0 bridgehead atoms. The smallest absolute Gasteiger partial charge is 0.153 e. The zero-order valence-electron chi connectivity index (χ0n) is 10.3. The zero-order valence-corrected chi connectivity index (χ0v) is 12.7. The number of aldehydes is 1. The summed E-state index contributed by atoms with van der Waals surface area (Å²) in [5, 5.41) is 0.723. The molecule has 0 saturated carbocycles. The van der Waals surface area contributed by atoms with E-state index in [0.717, 1.165) is 27.8 Å². The molecule has 2 nitrogen and oxygen atoms in total. The van der Waals surface area contributed by atoms with Crippen molar-refractivity contribution < 1.29 is 9.53 Å². The third kappa shape index (κ3) is 3.37. The predicted octanol–water partition coefficient (Wildman–Crippen LogP) is 5.27. The van der Waals surface area contributed by atoms with Crippen molar-refractivity contribution in [3.63, 3.8) is 0 Å². The second-order valence-electron chi connectivity index (χ2n) is 4.01. The summed E-state index contributed by atoms with van der Waals surface area (Å²) in [4.78, 5) is 11.0. The molecule has 0 atom stereocenters. The van der Waals surface area contributed by atoms with Gasteiger partial charge in [-0.2, -0.15) is 0 Å². The minimum absolute atomic E-state index is 0.502. The van der Waals surface area contributed by atoms with Crippen molar-refractivity contribution in [2.45, 2.75) is 13.3 Å². The predicted molar refractivity (Wildman–Crippen MR) is 80.4 cm³/mol. The molecule has 0 aliphatic heterocycles. The number of halogens is 2. The van der Waals surface area contributed by atoms with E-state index < -0.39 is 0 Å². The summed E-state index contributed by atoms with van der Waals surface area (Å²) in [5.74, 6) is 1.20. The quantitative estimate of drug-likeness (QED) is 0.709. The normalized spacial score (nSPS) is 10.3. The Kier molecular flexibility index (Phi) is 4.61. The molecule has 0 fully saturated rings. The van der Waals surface area contributed by atoms with Gasteiger partial charge >= 0.3 is 0 Å². The van der Waals surface area contributed by atoms with Crippen LogP contribution in [-0.2, 0) is 6.42 Å². The molecule has 0 unspecified atom stereocenters. The monoisotopic (exact) mass is 338 g/mol. The van der Waals surface area contributed by atoms with E-state index in [1.165, 1.54) is 0 Å². The average Bonchev–Trinajstić information content (AvgIpc) is 2.42. The maximum atomic E-state index is 11.0. The van der Waals surface area contributed by atoms with Crippen LogP contribution in [0.2, 0.25) is 5.02 Å². The molecule has 2 rings (SSSR count). The molecule has 2 aromatic carbocycles. The van der Waals surface area contributed by atoms with Crippen LogP contribution in [-0.4, -0.2) is 6.29 Å². The van der Waals surface area contributed by atoms with Crippen LogP contribution in [0.15, 0.2) is 40.9 Å². The van der Waals surface area contributed by atoms with E-state index in [2.05, 4.69) is 15.9 Å². The number of ether oxygens (including phenoxy) is 1. The first kappa shape index (κ1) is 14.1.